The van der Waals surface area contributed by atoms with Gasteiger partial charge in [0.2, 0.25) is 11.8 Å². The fraction of sp³-hybridized carbons (Fsp3) is 0.688. The van der Waals surface area contributed by atoms with Crippen molar-refractivity contribution in [3.05, 3.63) is 34.4 Å². The van der Waals surface area contributed by atoms with Crippen LogP contribution in [0.2, 0.25) is 0 Å². The van der Waals surface area contributed by atoms with E-state index in [1.807, 2.05) is 12.1 Å². The number of carbonyl (C=O) groups excluding carboxylic acids is 2. The summed E-state index contributed by atoms with van der Waals surface area (Å²) < 4.78 is 1.52. The first-order valence-corrected chi connectivity index (χ1v) is 15.7. The van der Waals surface area contributed by atoms with Gasteiger partial charge in [-0.15, -0.1) is 0 Å². The SMILES string of the molecule is Cc1nc2cccc(N3CC4CCC3CN4CCC34CC5CC(CC(C5)C3)C4)c2c(=O)n1C1CCC(=O)NC1=O. The molecule has 5 heterocycles. The third-order valence-electron chi connectivity index (χ3n) is 11.7. The number of aromatic nitrogens is 2. The lowest BCUT2D eigenvalue weighted by Crippen LogP contribution is -2.63. The first kappa shape index (κ1) is 25.0. The lowest BCUT2D eigenvalue weighted by atomic mass is 9.49. The van der Waals surface area contributed by atoms with E-state index in [0.717, 1.165) is 43.0 Å². The van der Waals surface area contributed by atoms with Crippen LogP contribution in [-0.4, -0.2) is 58.0 Å². The molecule has 6 bridgehead atoms. The van der Waals surface area contributed by atoms with Gasteiger partial charge in [-0.25, -0.2) is 4.98 Å². The van der Waals surface area contributed by atoms with Crippen LogP contribution < -0.4 is 15.8 Å². The van der Waals surface area contributed by atoms with Crippen LogP contribution >= 0.6 is 0 Å². The van der Waals surface area contributed by atoms with Gasteiger partial charge < -0.3 is 4.90 Å². The van der Waals surface area contributed by atoms with Gasteiger partial charge in [0.25, 0.3) is 5.56 Å². The molecule has 4 aliphatic carbocycles. The van der Waals surface area contributed by atoms with Crippen molar-refractivity contribution < 1.29 is 9.59 Å². The van der Waals surface area contributed by atoms with Crippen LogP contribution in [0.15, 0.2) is 23.0 Å². The Labute approximate surface area is 235 Å². The molecule has 212 valence electrons. The van der Waals surface area contributed by atoms with Gasteiger partial charge >= 0.3 is 0 Å². The maximum absolute atomic E-state index is 14.0. The number of fused-ring (bicyclic) bond motifs is 4. The summed E-state index contributed by atoms with van der Waals surface area (Å²) in [6.45, 7) is 5.01. The maximum atomic E-state index is 14.0. The number of anilines is 1. The normalized spacial score (nSPS) is 37.0. The largest absolute Gasteiger partial charge is 0.365 e. The van der Waals surface area contributed by atoms with Crippen molar-refractivity contribution in [2.75, 3.05) is 24.5 Å². The molecule has 2 amide bonds. The molecule has 8 nitrogen and oxygen atoms in total. The predicted octanol–water partition coefficient (Wildman–Crippen LogP) is 3.94. The second-order valence-electron chi connectivity index (χ2n) is 14.2. The minimum Gasteiger partial charge on any atom is -0.365 e. The van der Waals surface area contributed by atoms with E-state index < -0.39 is 11.9 Å². The smallest absolute Gasteiger partial charge is 0.264 e. The molecule has 1 aromatic carbocycles. The monoisotopic (exact) mass is 543 g/mol. The number of benzene rings is 1. The van der Waals surface area contributed by atoms with E-state index in [1.54, 1.807) is 6.92 Å². The number of nitrogens with one attached hydrogen (secondary N) is 1. The van der Waals surface area contributed by atoms with E-state index in [1.165, 1.54) is 62.5 Å². The number of nitrogens with zero attached hydrogens (tertiary/aromatic N) is 4. The summed E-state index contributed by atoms with van der Waals surface area (Å²) in [5, 5.41) is 3.01. The zero-order valence-electron chi connectivity index (χ0n) is 23.6. The van der Waals surface area contributed by atoms with E-state index >= 15 is 0 Å². The highest BCUT2D eigenvalue weighted by Gasteiger charge is 2.51. The molecule has 8 heteroatoms. The van der Waals surface area contributed by atoms with Gasteiger partial charge in [-0.1, -0.05) is 6.07 Å². The molecule has 4 saturated heterocycles. The fourth-order valence-corrected chi connectivity index (χ4v) is 10.3. The number of piperidine rings is 3. The van der Waals surface area contributed by atoms with Crippen molar-refractivity contribution in [1.82, 2.24) is 19.8 Å². The molecular formula is C32H41N5O3. The molecule has 0 spiro atoms. The van der Waals surface area contributed by atoms with Gasteiger partial charge in [0.1, 0.15) is 11.9 Å². The summed E-state index contributed by atoms with van der Waals surface area (Å²) in [4.78, 5) is 48.5. The summed E-state index contributed by atoms with van der Waals surface area (Å²) in [6, 6.07) is 6.18. The Kier molecular flexibility index (Phi) is 5.71. The number of carbonyl (C=O) groups is 2. The third-order valence-corrected chi connectivity index (χ3v) is 11.7. The van der Waals surface area contributed by atoms with E-state index in [9.17, 15) is 14.4 Å². The van der Waals surface area contributed by atoms with Crippen LogP contribution in [-0.2, 0) is 9.59 Å². The topological polar surface area (TPSA) is 87.5 Å². The quantitative estimate of drug-likeness (QED) is 0.575. The molecule has 0 radical (unpaired) electrons. The minimum atomic E-state index is -0.701. The Morgan fingerprint density at radius 2 is 1.68 bits per heavy atom. The number of amides is 2. The summed E-state index contributed by atoms with van der Waals surface area (Å²) in [5.41, 5.74) is 2.08. The highest BCUT2D eigenvalue weighted by atomic mass is 16.2. The molecule has 40 heavy (non-hydrogen) atoms. The van der Waals surface area contributed by atoms with Crippen molar-refractivity contribution >= 4 is 28.4 Å². The predicted molar refractivity (Wildman–Crippen MR) is 153 cm³/mol. The molecule has 8 fully saturated rings. The number of rotatable bonds is 5. The highest BCUT2D eigenvalue weighted by Crippen LogP contribution is 2.61. The van der Waals surface area contributed by atoms with Crippen molar-refractivity contribution in [2.45, 2.75) is 95.7 Å². The third kappa shape index (κ3) is 3.96. The zero-order chi connectivity index (χ0) is 27.2. The maximum Gasteiger partial charge on any atom is 0.264 e. The molecule has 10 rings (SSSR count). The number of hydrogen-bond acceptors (Lipinski definition) is 6. The lowest BCUT2D eigenvalue weighted by molar-refractivity contribution is -0.135. The first-order chi connectivity index (χ1) is 19.4. The van der Waals surface area contributed by atoms with Crippen LogP contribution in [0.5, 0.6) is 0 Å². The minimum absolute atomic E-state index is 0.173. The molecule has 8 aliphatic rings. The van der Waals surface area contributed by atoms with E-state index in [-0.39, 0.29) is 17.9 Å². The number of hydrogen-bond donors (Lipinski definition) is 1. The van der Waals surface area contributed by atoms with Crippen molar-refractivity contribution in [1.29, 1.82) is 0 Å². The van der Waals surface area contributed by atoms with Crippen molar-refractivity contribution in [2.24, 2.45) is 23.2 Å². The number of imide groups is 1. The van der Waals surface area contributed by atoms with Gasteiger partial charge in [0.15, 0.2) is 0 Å². The Morgan fingerprint density at radius 3 is 2.35 bits per heavy atom. The highest BCUT2D eigenvalue weighted by molar-refractivity contribution is 5.99. The van der Waals surface area contributed by atoms with E-state index in [4.69, 9.17) is 4.98 Å². The van der Waals surface area contributed by atoms with Crippen LogP contribution in [0.3, 0.4) is 0 Å². The van der Waals surface area contributed by atoms with E-state index in [0.29, 0.717) is 40.6 Å². The van der Waals surface area contributed by atoms with Crippen LogP contribution in [0.1, 0.15) is 82.5 Å². The van der Waals surface area contributed by atoms with E-state index in [2.05, 4.69) is 21.2 Å². The Balaban J connectivity index is 1.05. The first-order valence-electron chi connectivity index (χ1n) is 15.7. The molecule has 2 aromatic rings. The summed E-state index contributed by atoms with van der Waals surface area (Å²) in [5.74, 6) is 2.84. The summed E-state index contributed by atoms with van der Waals surface area (Å²) in [6.07, 6.45) is 13.3. The number of piperazine rings is 1. The number of aryl methyl sites for hydroxylation is 1. The summed E-state index contributed by atoms with van der Waals surface area (Å²) in [7, 11) is 0. The van der Waals surface area contributed by atoms with Gasteiger partial charge in [-0.3, -0.25) is 29.2 Å². The molecule has 1 aromatic heterocycles. The average Bonchev–Trinajstić information content (AvgIpc) is 2.92. The fourth-order valence-electron chi connectivity index (χ4n) is 10.3. The second-order valence-corrected chi connectivity index (χ2v) is 14.2. The van der Waals surface area contributed by atoms with Gasteiger partial charge in [-0.2, -0.15) is 0 Å². The molecule has 3 atom stereocenters. The Bertz CT molecular complexity index is 1410. The van der Waals surface area contributed by atoms with Gasteiger partial charge in [-0.05, 0) is 113 Å². The van der Waals surface area contributed by atoms with Gasteiger partial charge in [0.05, 0.1) is 16.6 Å². The van der Waals surface area contributed by atoms with Crippen molar-refractivity contribution in [3.8, 4) is 0 Å². The zero-order valence-corrected chi connectivity index (χ0v) is 23.6. The van der Waals surface area contributed by atoms with Gasteiger partial charge in [0, 0.05) is 31.6 Å². The lowest BCUT2D eigenvalue weighted by Gasteiger charge is -2.58. The molecule has 4 saturated carbocycles. The second kappa shape index (κ2) is 9.13. The Morgan fingerprint density at radius 1 is 0.950 bits per heavy atom. The summed E-state index contributed by atoms with van der Waals surface area (Å²) >= 11 is 0. The average molecular weight is 544 g/mol. The molecule has 3 unspecified atom stereocenters. The van der Waals surface area contributed by atoms with Crippen LogP contribution in [0.4, 0.5) is 5.69 Å². The van der Waals surface area contributed by atoms with Crippen molar-refractivity contribution in [3.63, 3.8) is 0 Å². The Hall–Kier alpha value is -2.74. The van der Waals surface area contributed by atoms with Crippen LogP contribution in [0, 0.1) is 30.1 Å². The molecule has 1 N–H and O–H groups in total. The van der Waals surface area contributed by atoms with Crippen LogP contribution in [0.25, 0.3) is 10.9 Å². The molecular weight excluding hydrogens is 502 g/mol. The standard InChI is InChI=1S/C32H41N5O3/c1-19-33-25-3-2-4-26(29(25)31(40)37(19)27-7-8-28(38)34-30(27)39)36-18-23-5-6-24(36)17-35(23)10-9-32-14-20-11-21(15-32)13-22(12-20)16-32/h2-4,20-24,27H,5-18H2,1H3,(H,34,38,39). The molecule has 4 aliphatic heterocycles.